The number of benzene rings is 2. The van der Waals surface area contributed by atoms with E-state index in [-0.39, 0.29) is 12.5 Å². The van der Waals surface area contributed by atoms with Gasteiger partial charge in [0.2, 0.25) is 5.91 Å². The number of hydrogen-bond donors (Lipinski definition) is 1. The van der Waals surface area contributed by atoms with Crippen LogP contribution < -0.4 is 10.6 Å². The van der Waals surface area contributed by atoms with E-state index in [4.69, 9.17) is 26.6 Å². The smallest absolute Gasteiger partial charge is 0.253 e. The first-order valence-corrected chi connectivity index (χ1v) is 11.6. The van der Waals surface area contributed by atoms with E-state index >= 15 is 0 Å². The average molecular weight is 481 g/mol. The maximum atomic E-state index is 12.9. The van der Waals surface area contributed by atoms with Crippen LogP contribution in [0.1, 0.15) is 24.1 Å². The number of nitrogens with two attached hydrogens (primary N) is 1. The van der Waals surface area contributed by atoms with Crippen molar-refractivity contribution in [2.45, 2.75) is 24.9 Å². The van der Waals surface area contributed by atoms with Gasteiger partial charge in [0, 0.05) is 42.0 Å². The summed E-state index contributed by atoms with van der Waals surface area (Å²) in [6.07, 6.45) is 1.44. The fourth-order valence-electron chi connectivity index (χ4n) is 4.88. The zero-order valence-electron chi connectivity index (χ0n) is 18.6. The lowest BCUT2D eigenvalue weighted by molar-refractivity contribution is -0.129. The Hall–Kier alpha value is -3.20. The molecule has 3 aromatic rings. The van der Waals surface area contributed by atoms with Crippen LogP contribution in [0.5, 0.6) is 0 Å². The van der Waals surface area contributed by atoms with E-state index in [2.05, 4.69) is 10.1 Å². The van der Waals surface area contributed by atoms with Crippen LogP contribution in [0.15, 0.2) is 59.1 Å². The summed E-state index contributed by atoms with van der Waals surface area (Å²) in [7, 11) is 0. The largest absolute Gasteiger partial charge is 0.370 e. The van der Waals surface area contributed by atoms with Crippen LogP contribution in [-0.4, -0.2) is 48.2 Å². The molecular weight excluding hydrogens is 456 g/mol. The van der Waals surface area contributed by atoms with E-state index in [1.165, 1.54) is 0 Å². The Morgan fingerprint density at radius 2 is 1.88 bits per heavy atom. The zero-order chi connectivity index (χ0) is 23.7. The van der Waals surface area contributed by atoms with Crippen LogP contribution in [0.25, 0.3) is 11.3 Å². The third-order valence-corrected chi connectivity index (χ3v) is 6.85. The fraction of sp³-hybridized carbons (Fsp3) is 0.320. The molecular formula is C25H25ClN4O4. The number of amides is 2. The molecule has 8 nitrogen and oxygen atoms in total. The lowest BCUT2D eigenvalue weighted by Gasteiger charge is -2.36. The van der Waals surface area contributed by atoms with Gasteiger partial charge in [-0.2, -0.15) is 0 Å². The molecule has 1 unspecified atom stereocenters. The zero-order valence-corrected chi connectivity index (χ0v) is 19.3. The number of halogens is 1. The molecule has 2 aromatic carbocycles. The highest BCUT2D eigenvalue weighted by molar-refractivity contribution is 6.30. The molecule has 2 amide bonds. The Kier molecular flexibility index (Phi) is 6.12. The first kappa shape index (κ1) is 22.6. The summed E-state index contributed by atoms with van der Waals surface area (Å²) in [6.45, 7) is 2.21. The van der Waals surface area contributed by atoms with Crippen LogP contribution in [0, 0.1) is 0 Å². The molecule has 0 spiro atoms. The highest BCUT2D eigenvalue weighted by Gasteiger charge is 2.47. The summed E-state index contributed by atoms with van der Waals surface area (Å²) >= 11 is 5.98. The van der Waals surface area contributed by atoms with Crippen LogP contribution in [0.2, 0.25) is 5.02 Å². The monoisotopic (exact) mass is 480 g/mol. The predicted octanol–water partition coefficient (Wildman–Crippen LogP) is 3.33. The maximum absolute atomic E-state index is 12.9. The molecule has 9 heteroatoms. The van der Waals surface area contributed by atoms with Crippen molar-refractivity contribution in [3.05, 3.63) is 70.9 Å². The van der Waals surface area contributed by atoms with Gasteiger partial charge in [-0.05, 0) is 54.8 Å². The number of anilines is 1. The number of carbonyl (C=O) groups excluding carboxylic acids is 2. The first-order chi connectivity index (χ1) is 16.5. The van der Waals surface area contributed by atoms with Gasteiger partial charge in [-0.25, -0.2) is 0 Å². The minimum atomic E-state index is -0.951. The van der Waals surface area contributed by atoms with Gasteiger partial charge in [-0.3, -0.25) is 14.5 Å². The van der Waals surface area contributed by atoms with Crippen LogP contribution in [0.4, 0.5) is 5.69 Å². The normalized spacial score (nSPS) is 21.2. The number of rotatable bonds is 6. The van der Waals surface area contributed by atoms with E-state index < -0.39 is 11.4 Å². The van der Waals surface area contributed by atoms with Crippen LogP contribution in [-0.2, 0) is 26.4 Å². The van der Waals surface area contributed by atoms with Gasteiger partial charge in [-0.15, -0.1) is 0 Å². The van der Waals surface area contributed by atoms with Crippen molar-refractivity contribution in [3.63, 3.8) is 0 Å². The van der Waals surface area contributed by atoms with Crippen LogP contribution >= 0.6 is 11.6 Å². The van der Waals surface area contributed by atoms with Crippen molar-refractivity contribution in [2.75, 3.05) is 31.2 Å². The van der Waals surface area contributed by atoms with Gasteiger partial charge in [0.1, 0.15) is 12.1 Å². The second-order valence-electron chi connectivity index (χ2n) is 8.58. The fourth-order valence-corrected chi connectivity index (χ4v) is 5.00. The van der Waals surface area contributed by atoms with Gasteiger partial charge in [0.25, 0.3) is 5.91 Å². The molecule has 2 saturated heterocycles. The third kappa shape index (κ3) is 4.09. The second kappa shape index (κ2) is 9.21. The molecule has 2 fully saturated rings. The van der Waals surface area contributed by atoms with E-state index in [9.17, 15) is 9.59 Å². The topological polar surface area (TPSA) is 102 Å². The lowest BCUT2D eigenvalue weighted by Crippen LogP contribution is -2.51. The maximum Gasteiger partial charge on any atom is 0.253 e. The summed E-state index contributed by atoms with van der Waals surface area (Å²) in [6, 6.07) is 16.7. The van der Waals surface area contributed by atoms with E-state index in [0.29, 0.717) is 49.1 Å². The summed E-state index contributed by atoms with van der Waals surface area (Å²) in [4.78, 5) is 28.8. The van der Waals surface area contributed by atoms with Gasteiger partial charge in [-0.1, -0.05) is 28.9 Å². The number of likely N-dealkylation sites (tertiary alicyclic amines) is 1. The molecule has 3 heterocycles. The summed E-state index contributed by atoms with van der Waals surface area (Å²) < 4.78 is 10.8. The number of nitrogens with zero attached hydrogens (tertiary/aromatic N) is 3. The molecule has 0 radical (unpaired) electrons. The lowest BCUT2D eigenvalue weighted by atomic mass is 9.86. The molecule has 0 aliphatic carbocycles. The minimum absolute atomic E-state index is 0.0753. The molecule has 176 valence electrons. The van der Waals surface area contributed by atoms with E-state index in [1.807, 2.05) is 42.5 Å². The SMILES string of the molecule is NC(=O)C1(c2ccc(N3CCOCC3=O)cc2)CCCN1Cc1cc(-c2ccc(Cl)cc2)on1. The third-order valence-electron chi connectivity index (χ3n) is 6.60. The molecule has 34 heavy (non-hydrogen) atoms. The average Bonchev–Trinajstić information content (AvgIpc) is 3.48. The van der Waals surface area contributed by atoms with E-state index in [1.54, 1.807) is 17.0 Å². The molecule has 2 N–H and O–H groups in total. The van der Waals surface area contributed by atoms with Crippen molar-refractivity contribution in [3.8, 4) is 11.3 Å². The number of primary amides is 1. The predicted molar refractivity (Wildman–Crippen MR) is 127 cm³/mol. The van der Waals surface area contributed by atoms with Gasteiger partial charge in [0.05, 0.1) is 12.3 Å². The number of hydrogen-bond acceptors (Lipinski definition) is 6. The Bertz CT molecular complexity index is 1190. The highest BCUT2D eigenvalue weighted by Crippen LogP contribution is 2.40. The van der Waals surface area contributed by atoms with Gasteiger partial charge in [0.15, 0.2) is 5.76 Å². The second-order valence-corrected chi connectivity index (χ2v) is 9.02. The number of morpholine rings is 1. The number of ether oxygens (including phenoxy) is 1. The quantitative estimate of drug-likeness (QED) is 0.580. The molecule has 2 aliphatic rings. The Labute approximate surface area is 202 Å². The van der Waals surface area contributed by atoms with Crippen molar-refractivity contribution < 1.29 is 18.8 Å². The Balaban J connectivity index is 1.39. The molecule has 0 saturated carbocycles. The number of aromatic nitrogens is 1. The summed E-state index contributed by atoms with van der Waals surface area (Å²) in [5.74, 6) is 0.158. The minimum Gasteiger partial charge on any atom is -0.370 e. The first-order valence-electron chi connectivity index (χ1n) is 11.2. The molecule has 5 rings (SSSR count). The molecule has 2 aliphatic heterocycles. The molecule has 1 aromatic heterocycles. The van der Waals surface area contributed by atoms with Gasteiger partial charge >= 0.3 is 0 Å². The van der Waals surface area contributed by atoms with Crippen molar-refractivity contribution in [1.82, 2.24) is 10.1 Å². The Morgan fingerprint density at radius 3 is 2.59 bits per heavy atom. The molecule has 0 bridgehead atoms. The summed E-state index contributed by atoms with van der Waals surface area (Å²) in [5.41, 5.74) is 8.23. The van der Waals surface area contributed by atoms with Crippen molar-refractivity contribution in [2.24, 2.45) is 5.73 Å². The summed E-state index contributed by atoms with van der Waals surface area (Å²) in [5, 5.41) is 4.87. The van der Waals surface area contributed by atoms with E-state index in [0.717, 1.165) is 23.2 Å². The molecule has 1 atom stereocenters. The van der Waals surface area contributed by atoms with Gasteiger partial charge < -0.3 is 19.9 Å². The van der Waals surface area contributed by atoms with Crippen LogP contribution in [0.3, 0.4) is 0 Å². The van der Waals surface area contributed by atoms with Crippen molar-refractivity contribution >= 4 is 29.1 Å². The standard InChI is InChI=1S/C25H25ClN4O4/c26-19-6-2-17(3-7-19)22-14-20(28-34-22)15-29-11-1-10-25(29,24(27)32)18-4-8-21(9-5-18)30-12-13-33-16-23(30)31/h2-9,14H,1,10-13,15-16H2,(H2,27,32). The van der Waals surface area contributed by atoms with Crippen molar-refractivity contribution in [1.29, 1.82) is 0 Å². The number of carbonyl (C=O) groups is 2. The highest BCUT2D eigenvalue weighted by atomic mass is 35.5. The Morgan fingerprint density at radius 1 is 1.12 bits per heavy atom.